The van der Waals surface area contributed by atoms with Gasteiger partial charge in [-0.3, -0.25) is 0 Å². The summed E-state index contributed by atoms with van der Waals surface area (Å²) < 4.78 is 12.4. The van der Waals surface area contributed by atoms with Gasteiger partial charge in [-0.1, -0.05) is 12.1 Å². The van der Waals surface area contributed by atoms with Gasteiger partial charge in [-0.05, 0) is 36.4 Å². The maximum atomic E-state index is 12.4. The van der Waals surface area contributed by atoms with E-state index in [2.05, 4.69) is 4.84 Å². The third-order valence-electron chi connectivity index (χ3n) is 1.53. The van der Waals surface area contributed by atoms with E-state index in [1.165, 1.54) is 12.1 Å². The maximum Gasteiger partial charge on any atom is 0.123 e. The first-order valence-electron chi connectivity index (χ1n) is 3.35. The van der Waals surface area contributed by atoms with E-state index in [-0.39, 0.29) is 11.9 Å². The Hall–Kier alpha value is -0.600. The molecule has 1 rings (SSSR count). The quantitative estimate of drug-likeness (QED) is 0.678. The van der Waals surface area contributed by atoms with Gasteiger partial charge in [-0.15, -0.1) is 0 Å². The minimum Gasteiger partial charge on any atom is -0.226 e. The number of benzene rings is 1. The maximum absolute atomic E-state index is 12.4. The minimum absolute atomic E-state index is 0.0530. The number of hydrogen-bond acceptors (Lipinski definition) is 1. The van der Waals surface area contributed by atoms with Crippen molar-refractivity contribution < 1.29 is 4.39 Å². The Labute approximate surface area is 70.3 Å². The number of hydrogen-bond donors (Lipinski definition) is 1. The molecule has 1 N–H and O–H groups in total. The fraction of sp³-hybridized carbons (Fsp3) is 0.250. The van der Waals surface area contributed by atoms with Gasteiger partial charge < -0.3 is 0 Å². The second-order valence-corrected chi connectivity index (χ2v) is 2.60. The normalized spacial score (nSPS) is 13.0. The molecular weight excluding hydrogens is 165 g/mol. The lowest BCUT2D eigenvalue weighted by Crippen LogP contribution is -2.05. The van der Waals surface area contributed by atoms with Crippen LogP contribution >= 0.6 is 11.8 Å². The zero-order valence-corrected chi connectivity index (χ0v) is 6.90. The summed E-state index contributed by atoms with van der Waals surface area (Å²) >= 11 is 5.38. The van der Waals surface area contributed by atoms with Crippen LogP contribution in [-0.4, -0.2) is 0 Å². The third-order valence-corrected chi connectivity index (χ3v) is 1.86. The average molecular weight is 174 g/mol. The smallest absolute Gasteiger partial charge is 0.123 e. The zero-order chi connectivity index (χ0) is 8.27. The van der Waals surface area contributed by atoms with Crippen LogP contribution in [0.3, 0.4) is 0 Å². The fourth-order valence-electron chi connectivity index (χ4n) is 0.814. The van der Waals surface area contributed by atoms with Crippen LogP contribution in [0.4, 0.5) is 4.39 Å². The first-order chi connectivity index (χ1) is 5.24. The molecule has 0 aliphatic carbocycles. The molecule has 1 aromatic carbocycles. The molecule has 0 saturated heterocycles. The van der Waals surface area contributed by atoms with E-state index in [1.54, 1.807) is 12.1 Å². The second kappa shape index (κ2) is 3.69. The van der Waals surface area contributed by atoms with E-state index >= 15 is 0 Å². The highest BCUT2D eigenvalue weighted by atomic mass is 35.5. The van der Waals surface area contributed by atoms with Crippen LogP contribution in [0.1, 0.15) is 18.5 Å². The van der Waals surface area contributed by atoms with Crippen molar-refractivity contribution in [3.8, 4) is 0 Å². The zero-order valence-electron chi connectivity index (χ0n) is 6.14. The van der Waals surface area contributed by atoms with Crippen LogP contribution in [0.2, 0.25) is 0 Å². The monoisotopic (exact) mass is 173 g/mol. The number of rotatable bonds is 2. The van der Waals surface area contributed by atoms with E-state index < -0.39 is 0 Å². The molecule has 11 heavy (non-hydrogen) atoms. The third kappa shape index (κ3) is 2.17. The van der Waals surface area contributed by atoms with Crippen molar-refractivity contribution >= 4 is 11.8 Å². The Morgan fingerprint density at radius 3 is 2.36 bits per heavy atom. The van der Waals surface area contributed by atoms with Gasteiger partial charge in [0.05, 0.1) is 0 Å². The van der Waals surface area contributed by atoms with E-state index in [1.807, 2.05) is 6.92 Å². The SMILES string of the molecule is CC(NCl)c1ccc(F)cc1. The van der Waals surface area contributed by atoms with Crippen LogP contribution in [0.25, 0.3) is 0 Å². The van der Waals surface area contributed by atoms with Gasteiger partial charge in [0.15, 0.2) is 0 Å². The molecule has 3 heteroatoms. The van der Waals surface area contributed by atoms with Crippen LogP contribution in [-0.2, 0) is 0 Å². The van der Waals surface area contributed by atoms with Crippen LogP contribution in [0.15, 0.2) is 24.3 Å². The first-order valence-corrected chi connectivity index (χ1v) is 3.73. The molecule has 0 radical (unpaired) electrons. The lowest BCUT2D eigenvalue weighted by atomic mass is 10.1. The van der Waals surface area contributed by atoms with Gasteiger partial charge >= 0.3 is 0 Å². The van der Waals surface area contributed by atoms with Gasteiger partial charge in [0, 0.05) is 6.04 Å². The van der Waals surface area contributed by atoms with Crippen molar-refractivity contribution in [1.82, 2.24) is 4.84 Å². The molecule has 0 aliphatic heterocycles. The molecule has 0 aliphatic rings. The van der Waals surface area contributed by atoms with Crippen molar-refractivity contribution in [2.45, 2.75) is 13.0 Å². The predicted octanol–water partition coefficient (Wildman–Crippen LogP) is 2.63. The van der Waals surface area contributed by atoms with Crippen LogP contribution in [0, 0.1) is 5.82 Å². The van der Waals surface area contributed by atoms with Crippen molar-refractivity contribution in [3.63, 3.8) is 0 Å². The van der Waals surface area contributed by atoms with Crippen LogP contribution in [0.5, 0.6) is 0 Å². The summed E-state index contributed by atoms with van der Waals surface area (Å²) in [5.74, 6) is -0.226. The molecule has 1 atom stereocenters. The summed E-state index contributed by atoms with van der Waals surface area (Å²) in [6.07, 6.45) is 0. The Bertz CT molecular complexity index is 222. The molecule has 0 bridgehead atoms. The van der Waals surface area contributed by atoms with Gasteiger partial charge in [-0.2, -0.15) is 0 Å². The first kappa shape index (κ1) is 8.50. The minimum atomic E-state index is -0.226. The lowest BCUT2D eigenvalue weighted by molar-refractivity contribution is 0.625. The molecule has 0 saturated carbocycles. The molecule has 0 spiro atoms. The standard InChI is InChI=1S/C8H9ClFN/c1-6(11-9)7-2-4-8(10)5-3-7/h2-6,11H,1H3. The Morgan fingerprint density at radius 2 is 1.91 bits per heavy atom. The molecule has 0 fully saturated rings. The number of nitrogens with one attached hydrogen (secondary N) is 1. The van der Waals surface area contributed by atoms with Gasteiger partial charge in [0.2, 0.25) is 0 Å². The molecule has 0 heterocycles. The highest BCUT2D eigenvalue weighted by Gasteiger charge is 2.01. The molecular formula is C8H9ClFN. The summed E-state index contributed by atoms with van der Waals surface area (Å²) in [4.78, 5) is 2.55. The van der Waals surface area contributed by atoms with Gasteiger partial charge in [0.25, 0.3) is 0 Å². The van der Waals surface area contributed by atoms with E-state index in [0.717, 1.165) is 5.56 Å². The van der Waals surface area contributed by atoms with Crippen molar-refractivity contribution in [1.29, 1.82) is 0 Å². The molecule has 1 nitrogen and oxygen atoms in total. The van der Waals surface area contributed by atoms with Gasteiger partial charge in [0.1, 0.15) is 5.82 Å². The Morgan fingerprint density at radius 1 is 1.36 bits per heavy atom. The summed E-state index contributed by atoms with van der Waals surface area (Å²) in [7, 11) is 0. The molecule has 1 aromatic rings. The predicted molar refractivity (Wildman–Crippen MR) is 43.8 cm³/mol. The second-order valence-electron chi connectivity index (χ2n) is 2.38. The largest absolute Gasteiger partial charge is 0.226 e. The van der Waals surface area contributed by atoms with E-state index in [4.69, 9.17) is 11.8 Å². The summed E-state index contributed by atoms with van der Waals surface area (Å²) in [6, 6.07) is 6.29. The highest BCUT2D eigenvalue weighted by Crippen LogP contribution is 2.12. The molecule has 0 amide bonds. The summed E-state index contributed by atoms with van der Waals surface area (Å²) in [6.45, 7) is 1.90. The molecule has 0 aromatic heterocycles. The van der Waals surface area contributed by atoms with Gasteiger partial charge in [-0.25, -0.2) is 9.23 Å². The Kier molecular flexibility index (Phi) is 2.85. The Balaban J connectivity index is 2.81. The van der Waals surface area contributed by atoms with Crippen molar-refractivity contribution in [2.75, 3.05) is 0 Å². The summed E-state index contributed by atoms with van der Waals surface area (Å²) in [5.41, 5.74) is 0.974. The highest BCUT2D eigenvalue weighted by molar-refractivity contribution is 6.13. The molecule has 60 valence electrons. The average Bonchev–Trinajstić information content (AvgIpc) is 2.05. The topological polar surface area (TPSA) is 12.0 Å². The van der Waals surface area contributed by atoms with Crippen molar-refractivity contribution in [2.24, 2.45) is 0 Å². The van der Waals surface area contributed by atoms with Crippen LogP contribution < -0.4 is 4.84 Å². The fourth-order valence-corrected chi connectivity index (χ4v) is 0.940. The molecule has 1 unspecified atom stereocenters. The lowest BCUT2D eigenvalue weighted by Gasteiger charge is -2.07. The van der Waals surface area contributed by atoms with E-state index in [0.29, 0.717) is 0 Å². The summed E-state index contributed by atoms with van der Waals surface area (Å²) in [5, 5.41) is 0. The number of halogens is 2. The van der Waals surface area contributed by atoms with Crippen molar-refractivity contribution in [3.05, 3.63) is 35.6 Å². The van der Waals surface area contributed by atoms with E-state index in [9.17, 15) is 4.39 Å².